The fraction of sp³-hybridized carbons (Fsp3) is 0.591. The highest BCUT2D eigenvalue weighted by Gasteiger charge is 2.28. The van der Waals surface area contributed by atoms with Crippen molar-refractivity contribution in [2.45, 2.75) is 64.9 Å². The Labute approximate surface area is 178 Å². The van der Waals surface area contributed by atoms with Crippen LogP contribution in [0.3, 0.4) is 0 Å². The fourth-order valence-electron chi connectivity index (χ4n) is 3.65. The predicted octanol–water partition coefficient (Wildman–Crippen LogP) is 3.74. The van der Waals surface area contributed by atoms with Crippen LogP contribution in [0.2, 0.25) is 0 Å². The van der Waals surface area contributed by atoms with Crippen LogP contribution in [0.25, 0.3) is 11.3 Å². The highest BCUT2D eigenvalue weighted by molar-refractivity contribution is 5.74. The van der Waals surface area contributed by atoms with E-state index in [0.29, 0.717) is 23.4 Å². The van der Waals surface area contributed by atoms with Crippen molar-refractivity contribution in [3.05, 3.63) is 30.4 Å². The number of methoxy groups -OCH3 is 1. The fourth-order valence-corrected chi connectivity index (χ4v) is 3.65. The average molecular weight is 417 g/mol. The van der Waals surface area contributed by atoms with Gasteiger partial charge >= 0.3 is 6.09 Å². The Balaban J connectivity index is 1.83. The summed E-state index contributed by atoms with van der Waals surface area (Å²) in [6.07, 6.45) is 5.22. The number of ether oxygens (including phenoxy) is 3. The van der Waals surface area contributed by atoms with Crippen LogP contribution in [-0.2, 0) is 16.1 Å². The Morgan fingerprint density at radius 1 is 1.33 bits per heavy atom. The van der Waals surface area contributed by atoms with Gasteiger partial charge < -0.3 is 14.2 Å². The molecule has 0 saturated carbocycles. The quantitative estimate of drug-likeness (QED) is 0.710. The van der Waals surface area contributed by atoms with E-state index in [9.17, 15) is 4.79 Å². The van der Waals surface area contributed by atoms with Crippen LogP contribution < -0.4 is 4.74 Å². The van der Waals surface area contributed by atoms with E-state index >= 15 is 0 Å². The van der Waals surface area contributed by atoms with Gasteiger partial charge in [-0.25, -0.2) is 9.78 Å². The SMILES string of the molecule is COCc1nc(O[C@@H](C)[C@@H]2CCCN2C)cc(-c2ccn(C(=O)OC(C)(C)C)c2)n1. The molecule has 0 N–H and O–H groups in total. The van der Waals surface area contributed by atoms with Crippen molar-refractivity contribution in [1.82, 2.24) is 19.4 Å². The van der Waals surface area contributed by atoms with Crippen LogP contribution in [0.4, 0.5) is 4.79 Å². The summed E-state index contributed by atoms with van der Waals surface area (Å²) in [5.74, 6) is 1.03. The molecule has 1 fully saturated rings. The zero-order valence-corrected chi connectivity index (χ0v) is 18.7. The van der Waals surface area contributed by atoms with Gasteiger partial charge in [0.2, 0.25) is 5.88 Å². The molecule has 0 unspecified atom stereocenters. The van der Waals surface area contributed by atoms with Gasteiger partial charge in [-0.05, 0) is 60.2 Å². The molecular formula is C22H32N4O4. The van der Waals surface area contributed by atoms with Crippen molar-refractivity contribution < 1.29 is 19.0 Å². The molecule has 3 heterocycles. The van der Waals surface area contributed by atoms with Gasteiger partial charge in [0.1, 0.15) is 18.3 Å². The lowest BCUT2D eigenvalue weighted by atomic mass is 10.1. The summed E-state index contributed by atoms with van der Waals surface area (Å²) in [4.78, 5) is 23.7. The highest BCUT2D eigenvalue weighted by Crippen LogP contribution is 2.26. The normalized spacial score (nSPS) is 18.4. The Morgan fingerprint density at radius 3 is 2.73 bits per heavy atom. The Kier molecular flexibility index (Phi) is 6.77. The van der Waals surface area contributed by atoms with E-state index in [1.165, 1.54) is 11.0 Å². The summed E-state index contributed by atoms with van der Waals surface area (Å²) in [5, 5.41) is 0. The largest absolute Gasteiger partial charge is 0.473 e. The molecule has 2 aromatic rings. The summed E-state index contributed by atoms with van der Waals surface area (Å²) in [6.45, 7) is 8.94. The van der Waals surface area contributed by atoms with Crippen LogP contribution >= 0.6 is 0 Å². The first-order valence-corrected chi connectivity index (χ1v) is 10.3. The molecular weight excluding hydrogens is 384 g/mol. The van der Waals surface area contributed by atoms with Gasteiger partial charge in [-0.1, -0.05) is 0 Å². The Bertz CT molecular complexity index is 874. The molecule has 0 radical (unpaired) electrons. The van der Waals surface area contributed by atoms with Crippen molar-refractivity contribution >= 4 is 6.09 Å². The molecule has 8 nitrogen and oxygen atoms in total. The van der Waals surface area contributed by atoms with E-state index in [1.54, 1.807) is 25.6 Å². The first kappa shape index (κ1) is 22.2. The van der Waals surface area contributed by atoms with Gasteiger partial charge in [0.05, 0.1) is 5.69 Å². The first-order chi connectivity index (χ1) is 14.2. The lowest BCUT2D eigenvalue weighted by Crippen LogP contribution is -2.38. The third kappa shape index (κ3) is 5.58. The van der Waals surface area contributed by atoms with E-state index in [-0.39, 0.29) is 12.7 Å². The molecule has 0 bridgehead atoms. The second-order valence-corrected chi connectivity index (χ2v) is 8.74. The van der Waals surface area contributed by atoms with Crippen molar-refractivity contribution in [1.29, 1.82) is 0 Å². The number of rotatable bonds is 6. The summed E-state index contributed by atoms with van der Waals surface area (Å²) in [7, 11) is 3.73. The molecule has 2 aromatic heterocycles. The number of hydrogen-bond acceptors (Lipinski definition) is 7. The minimum atomic E-state index is -0.563. The lowest BCUT2D eigenvalue weighted by molar-refractivity contribution is 0.0537. The second kappa shape index (κ2) is 9.14. The van der Waals surface area contributed by atoms with Crippen molar-refractivity contribution in [3.63, 3.8) is 0 Å². The molecule has 164 valence electrons. The monoisotopic (exact) mass is 416 g/mol. The molecule has 0 aromatic carbocycles. The third-order valence-electron chi connectivity index (χ3n) is 5.04. The molecule has 1 saturated heterocycles. The molecule has 1 aliphatic heterocycles. The molecule has 1 aliphatic rings. The van der Waals surface area contributed by atoms with Gasteiger partial charge in [0, 0.05) is 37.2 Å². The van der Waals surface area contributed by atoms with Gasteiger partial charge in [-0.15, -0.1) is 0 Å². The maximum atomic E-state index is 12.3. The van der Waals surface area contributed by atoms with Crippen LogP contribution in [-0.4, -0.2) is 64.0 Å². The van der Waals surface area contributed by atoms with E-state index in [1.807, 2.05) is 26.8 Å². The number of carbonyl (C=O) groups excluding carboxylic acids is 1. The first-order valence-electron chi connectivity index (χ1n) is 10.3. The predicted molar refractivity (Wildman–Crippen MR) is 114 cm³/mol. The van der Waals surface area contributed by atoms with E-state index in [4.69, 9.17) is 14.2 Å². The van der Waals surface area contributed by atoms with Gasteiger partial charge in [0.15, 0.2) is 5.82 Å². The van der Waals surface area contributed by atoms with Gasteiger partial charge in [-0.3, -0.25) is 9.47 Å². The zero-order valence-electron chi connectivity index (χ0n) is 18.7. The molecule has 0 spiro atoms. The molecule has 8 heteroatoms. The lowest BCUT2D eigenvalue weighted by Gasteiger charge is -2.26. The number of likely N-dealkylation sites (N-methyl/N-ethyl adjacent to an activating group) is 1. The van der Waals surface area contributed by atoms with Gasteiger partial charge in [-0.2, -0.15) is 4.98 Å². The van der Waals surface area contributed by atoms with E-state index in [0.717, 1.165) is 18.5 Å². The summed E-state index contributed by atoms with van der Waals surface area (Å²) < 4.78 is 18.2. The molecule has 2 atom stereocenters. The van der Waals surface area contributed by atoms with Crippen LogP contribution in [0, 0.1) is 0 Å². The van der Waals surface area contributed by atoms with E-state index < -0.39 is 11.7 Å². The van der Waals surface area contributed by atoms with Gasteiger partial charge in [0.25, 0.3) is 0 Å². The summed E-state index contributed by atoms with van der Waals surface area (Å²) >= 11 is 0. The van der Waals surface area contributed by atoms with Crippen LogP contribution in [0.5, 0.6) is 5.88 Å². The topological polar surface area (TPSA) is 78.7 Å². The maximum absolute atomic E-state index is 12.3. The highest BCUT2D eigenvalue weighted by atomic mass is 16.6. The number of likely N-dealkylation sites (tertiary alicyclic amines) is 1. The summed E-state index contributed by atoms with van der Waals surface area (Å²) in [6, 6.07) is 3.99. The molecule has 0 aliphatic carbocycles. The third-order valence-corrected chi connectivity index (χ3v) is 5.04. The zero-order chi connectivity index (χ0) is 21.9. The van der Waals surface area contributed by atoms with Crippen molar-refractivity contribution in [2.24, 2.45) is 0 Å². The minimum absolute atomic E-state index is 0.00186. The number of carbonyl (C=O) groups is 1. The maximum Gasteiger partial charge on any atom is 0.418 e. The average Bonchev–Trinajstić information content (AvgIpc) is 3.29. The van der Waals surface area contributed by atoms with Crippen molar-refractivity contribution in [2.75, 3.05) is 20.7 Å². The molecule has 0 amide bonds. The Hall–Kier alpha value is -2.45. The minimum Gasteiger partial charge on any atom is -0.473 e. The second-order valence-electron chi connectivity index (χ2n) is 8.74. The standard InChI is InChI=1S/C22H32N4O4/c1-15(18-8-7-10-25(18)5)29-20-12-17(23-19(24-20)14-28-6)16-9-11-26(13-16)21(27)30-22(2,3)4/h9,11-13,15,18H,7-8,10,14H2,1-6H3/t15-,18-/m0/s1. The smallest absolute Gasteiger partial charge is 0.418 e. The van der Waals surface area contributed by atoms with Crippen LogP contribution in [0.15, 0.2) is 24.5 Å². The number of nitrogens with zero attached hydrogens (tertiary/aromatic N) is 4. The molecule has 3 rings (SSSR count). The number of hydrogen-bond donors (Lipinski definition) is 0. The summed E-state index contributed by atoms with van der Waals surface area (Å²) in [5.41, 5.74) is 0.879. The Morgan fingerprint density at radius 2 is 2.10 bits per heavy atom. The van der Waals surface area contributed by atoms with Crippen molar-refractivity contribution in [3.8, 4) is 17.1 Å². The molecule has 30 heavy (non-hydrogen) atoms. The number of aromatic nitrogens is 3. The van der Waals surface area contributed by atoms with E-state index in [2.05, 4.69) is 28.8 Å². The van der Waals surface area contributed by atoms with Crippen LogP contribution in [0.1, 0.15) is 46.4 Å².